The van der Waals surface area contributed by atoms with Crippen molar-refractivity contribution in [3.63, 3.8) is 0 Å². The van der Waals surface area contributed by atoms with Crippen LogP contribution in [0.2, 0.25) is 0 Å². The molecule has 26 heavy (non-hydrogen) atoms. The number of aliphatic hydroxyl groups is 6. The molecule has 3 saturated heterocycles. The van der Waals surface area contributed by atoms with E-state index in [9.17, 15) is 15.3 Å². The van der Waals surface area contributed by atoms with Crippen molar-refractivity contribution in [1.82, 2.24) is 10.2 Å². The van der Waals surface area contributed by atoms with Gasteiger partial charge in [0, 0.05) is 52.0 Å². The molecule has 3 aliphatic rings. The SMILES string of the molecule is OC1CC(O)C(O)C(CN2CCNCC2)O1.OCC1CC(O)CC(O)O1. The normalized spacial score (nSPS) is 42.0. The molecule has 0 spiro atoms. The van der Waals surface area contributed by atoms with E-state index in [0.29, 0.717) is 13.0 Å². The molecule has 0 amide bonds. The van der Waals surface area contributed by atoms with E-state index in [1.807, 2.05) is 0 Å². The zero-order valence-electron chi connectivity index (χ0n) is 14.9. The molecular weight excluding hydrogens is 348 g/mol. The maximum Gasteiger partial charge on any atom is 0.157 e. The van der Waals surface area contributed by atoms with E-state index in [1.54, 1.807) is 0 Å². The summed E-state index contributed by atoms with van der Waals surface area (Å²) in [6.07, 6.45) is -4.39. The minimum absolute atomic E-state index is 0.0826. The number of piperazine rings is 1. The van der Waals surface area contributed by atoms with Crippen LogP contribution in [0, 0.1) is 0 Å². The van der Waals surface area contributed by atoms with Crippen molar-refractivity contribution < 1.29 is 40.1 Å². The van der Waals surface area contributed by atoms with E-state index in [0.717, 1.165) is 26.2 Å². The van der Waals surface area contributed by atoms with Crippen LogP contribution < -0.4 is 5.32 Å². The average Bonchev–Trinajstić information content (AvgIpc) is 2.60. The highest BCUT2D eigenvalue weighted by molar-refractivity contribution is 4.85. The molecule has 3 fully saturated rings. The van der Waals surface area contributed by atoms with Gasteiger partial charge in [0.25, 0.3) is 0 Å². The van der Waals surface area contributed by atoms with Crippen molar-refractivity contribution in [1.29, 1.82) is 0 Å². The van der Waals surface area contributed by atoms with Crippen molar-refractivity contribution in [3.05, 3.63) is 0 Å². The number of hydrogen-bond acceptors (Lipinski definition) is 10. The first-order valence-corrected chi connectivity index (χ1v) is 9.14. The topological polar surface area (TPSA) is 155 Å². The van der Waals surface area contributed by atoms with E-state index in [-0.39, 0.29) is 19.4 Å². The fourth-order valence-corrected chi connectivity index (χ4v) is 3.31. The Hall–Kier alpha value is -0.400. The first-order valence-electron chi connectivity index (χ1n) is 9.14. The second-order valence-electron chi connectivity index (χ2n) is 6.99. The summed E-state index contributed by atoms with van der Waals surface area (Å²) in [5, 5.41) is 58.4. The summed E-state index contributed by atoms with van der Waals surface area (Å²) < 4.78 is 10.1. The zero-order valence-corrected chi connectivity index (χ0v) is 14.9. The summed E-state index contributed by atoms with van der Waals surface area (Å²) in [7, 11) is 0. The number of nitrogens with zero attached hydrogens (tertiary/aromatic N) is 1. The largest absolute Gasteiger partial charge is 0.394 e. The van der Waals surface area contributed by atoms with E-state index in [2.05, 4.69) is 10.2 Å². The van der Waals surface area contributed by atoms with E-state index in [4.69, 9.17) is 24.8 Å². The third-order valence-corrected chi connectivity index (χ3v) is 4.76. The van der Waals surface area contributed by atoms with Crippen LogP contribution in [0.1, 0.15) is 19.3 Å². The Morgan fingerprint density at radius 1 is 0.885 bits per heavy atom. The molecule has 3 heterocycles. The van der Waals surface area contributed by atoms with Crippen LogP contribution >= 0.6 is 0 Å². The van der Waals surface area contributed by atoms with Crippen LogP contribution in [0.25, 0.3) is 0 Å². The summed E-state index contributed by atoms with van der Waals surface area (Å²) >= 11 is 0. The second kappa shape index (κ2) is 10.8. The van der Waals surface area contributed by atoms with Gasteiger partial charge in [-0.3, -0.25) is 4.90 Å². The molecule has 3 rings (SSSR count). The van der Waals surface area contributed by atoms with E-state index >= 15 is 0 Å². The Bertz CT molecular complexity index is 388. The lowest BCUT2D eigenvalue weighted by Crippen LogP contribution is -2.55. The van der Waals surface area contributed by atoms with Gasteiger partial charge in [-0.1, -0.05) is 0 Å². The first kappa shape index (κ1) is 21.9. The van der Waals surface area contributed by atoms with Gasteiger partial charge in [0.2, 0.25) is 0 Å². The molecule has 7 atom stereocenters. The summed E-state index contributed by atoms with van der Waals surface area (Å²) in [4.78, 5) is 2.16. The molecule has 0 aromatic heterocycles. The summed E-state index contributed by atoms with van der Waals surface area (Å²) in [6.45, 7) is 4.06. The summed E-state index contributed by atoms with van der Waals surface area (Å²) in [5.41, 5.74) is 0. The summed E-state index contributed by atoms with van der Waals surface area (Å²) in [6, 6.07) is 0. The van der Waals surface area contributed by atoms with Gasteiger partial charge < -0.3 is 45.4 Å². The molecule has 0 aromatic carbocycles. The fraction of sp³-hybridized carbons (Fsp3) is 1.00. The highest BCUT2D eigenvalue weighted by atomic mass is 16.6. The standard InChI is InChI=1S/C10H20N2O4.C6H12O4/c13-7-5-9(14)16-8(10(7)15)6-12-3-1-11-2-4-12;7-3-5-1-4(8)2-6(9)10-5/h7-11,13-15H,1-6H2;4-9H,1-3H2. The number of aliphatic hydroxyl groups excluding tert-OH is 6. The molecule has 7 unspecified atom stereocenters. The number of rotatable bonds is 3. The van der Waals surface area contributed by atoms with Gasteiger partial charge in [0.05, 0.1) is 24.9 Å². The maximum absolute atomic E-state index is 9.76. The lowest BCUT2D eigenvalue weighted by Gasteiger charge is -2.38. The molecule has 0 aromatic rings. The Kier molecular flexibility index (Phi) is 9.10. The molecule has 0 aliphatic carbocycles. The highest BCUT2D eigenvalue weighted by Crippen LogP contribution is 2.20. The number of ether oxygens (including phenoxy) is 2. The molecule has 154 valence electrons. The van der Waals surface area contributed by atoms with Crippen LogP contribution in [0.4, 0.5) is 0 Å². The van der Waals surface area contributed by atoms with Gasteiger partial charge in [0.1, 0.15) is 12.2 Å². The minimum Gasteiger partial charge on any atom is -0.394 e. The van der Waals surface area contributed by atoms with Crippen LogP contribution in [0.5, 0.6) is 0 Å². The second-order valence-corrected chi connectivity index (χ2v) is 6.99. The van der Waals surface area contributed by atoms with E-state index < -0.39 is 43.1 Å². The molecule has 0 bridgehead atoms. The fourth-order valence-electron chi connectivity index (χ4n) is 3.31. The van der Waals surface area contributed by atoms with Gasteiger partial charge in [-0.15, -0.1) is 0 Å². The van der Waals surface area contributed by atoms with Gasteiger partial charge in [-0.25, -0.2) is 0 Å². The Balaban J connectivity index is 0.000000209. The van der Waals surface area contributed by atoms with E-state index in [1.165, 1.54) is 0 Å². The zero-order chi connectivity index (χ0) is 19.1. The quantitative estimate of drug-likeness (QED) is 0.263. The van der Waals surface area contributed by atoms with Gasteiger partial charge >= 0.3 is 0 Å². The molecule has 0 saturated carbocycles. The maximum atomic E-state index is 9.76. The molecule has 0 radical (unpaired) electrons. The molecule has 10 nitrogen and oxygen atoms in total. The van der Waals surface area contributed by atoms with Gasteiger partial charge in [-0.2, -0.15) is 0 Å². The average molecular weight is 380 g/mol. The Labute approximate surface area is 153 Å². The number of nitrogens with one attached hydrogen (secondary N) is 1. The highest BCUT2D eigenvalue weighted by Gasteiger charge is 2.36. The van der Waals surface area contributed by atoms with Crippen LogP contribution in [0.3, 0.4) is 0 Å². The molecule has 7 N–H and O–H groups in total. The first-order chi connectivity index (χ1) is 12.4. The molecule has 10 heteroatoms. The monoisotopic (exact) mass is 380 g/mol. The smallest absolute Gasteiger partial charge is 0.157 e. The lowest BCUT2D eigenvalue weighted by atomic mass is 10.0. The van der Waals surface area contributed by atoms with Gasteiger partial charge in [0.15, 0.2) is 12.6 Å². The van der Waals surface area contributed by atoms with Crippen LogP contribution in [-0.2, 0) is 9.47 Å². The summed E-state index contributed by atoms with van der Waals surface area (Å²) in [5.74, 6) is 0. The van der Waals surface area contributed by atoms with Crippen LogP contribution in [-0.4, -0.2) is 118 Å². The van der Waals surface area contributed by atoms with Crippen LogP contribution in [0.15, 0.2) is 0 Å². The third kappa shape index (κ3) is 6.97. The van der Waals surface area contributed by atoms with Crippen molar-refractivity contribution in [2.75, 3.05) is 39.3 Å². The predicted octanol–water partition coefficient (Wildman–Crippen LogP) is -3.44. The van der Waals surface area contributed by atoms with Crippen molar-refractivity contribution >= 4 is 0 Å². The predicted molar refractivity (Wildman–Crippen MR) is 90.0 cm³/mol. The molecular formula is C16H32N2O8. The third-order valence-electron chi connectivity index (χ3n) is 4.76. The van der Waals surface area contributed by atoms with Crippen molar-refractivity contribution in [2.45, 2.75) is 62.4 Å². The van der Waals surface area contributed by atoms with Crippen molar-refractivity contribution in [2.24, 2.45) is 0 Å². The number of hydrogen-bond donors (Lipinski definition) is 7. The minimum atomic E-state index is -0.966. The molecule has 3 aliphatic heterocycles. The van der Waals surface area contributed by atoms with Crippen molar-refractivity contribution in [3.8, 4) is 0 Å². The Morgan fingerprint density at radius 2 is 1.54 bits per heavy atom. The Morgan fingerprint density at radius 3 is 2.15 bits per heavy atom. The lowest BCUT2D eigenvalue weighted by molar-refractivity contribution is -0.235. The van der Waals surface area contributed by atoms with Gasteiger partial charge in [-0.05, 0) is 0 Å².